The molecular formula is C23H23N5O2. The quantitative estimate of drug-likeness (QED) is 0.494. The van der Waals surface area contributed by atoms with Crippen molar-refractivity contribution in [3.8, 4) is 16.9 Å². The SMILES string of the molecule is COc1cccc(CNC(=O)c2nn(CC3CC3)c3cc(-c4cn[nH]c4)ccc23)c1. The first kappa shape index (κ1) is 18.4. The second-order valence-corrected chi connectivity index (χ2v) is 7.73. The van der Waals surface area contributed by atoms with Crippen molar-refractivity contribution in [2.45, 2.75) is 25.9 Å². The van der Waals surface area contributed by atoms with E-state index in [0.717, 1.165) is 39.9 Å². The maximum atomic E-state index is 13.0. The zero-order valence-electron chi connectivity index (χ0n) is 16.8. The van der Waals surface area contributed by atoms with Crippen LogP contribution in [0.25, 0.3) is 22.0 Å². The molecule has 1 aliphatic rings. The second kappa shape index (κ2) is 7.67. The van der Waals surface area contributed by atoms with E-state index in [4.69, 9.17) is 9.84 Å². The minimum atomic E-state index is -0.173. The summed E-state index contributed by atoms with van der Waals surface area (Å²) in [4.78, 5) is 13.0. The van der Waals surface area contributed by atoms with Crippen LogP contribution in [0.2, 0.25) is 0 Å². The van der Waals surface area contributed by atoms with Crippen LogP contribution in [0.5, 0.6) is 5.75 Å². The molecule has 152 valence electrons. The number of aromatic nitrogens is 4. The molecule has 1 aliphatic carbocycles. The molecule has 0 unspecified atom stereocenters. The third-order valence-electron chi connectivity index (χ3n) is 5.51. The van der Waals surface area contributed by atoms with E-state index in [2.05, 4.69) is 21.6 Å². The fraction of sp³-hybridized carbons (Fsp3) is 0.261. The summed E-state index contributed by atoms with van der Waals surface area (Å²) in [7, 11) is 1.63. The molecule has 1 amide bonds. The summed E-state index contributed by atoms with van der Waals surface area (Å²) in [5.41, 5.74) is 4.49. The monoisotopic (exact) mass is 401 g/mol. The Labute approximate surface area is 174 Å². The van der Waals surface area contributed by atoms with Crippen LogP contribution in [-0.2, 0) is 13.1 Å². The van der Waals surface area contributed by atoms with Gasteiger partial charge in [0.15, 0.2) is 5.69 Å². The molecular weight excluding hydrogens is 378 g/mol. The van der Waals surface area contributed by atoms with E-state index in [9.17, 15) is 4.79 Å². The molecule has 4 aromatic rings. The molecule has 1 saturated carbocycles. The number of hydrogen-bond acceptors (Lipinski definition) is 4. The summed E-state index contributed by atoms with van der Waals surface area (Å²) < 4.78 is 7.24. The first-order valence-corrected chi connectivity index (χ1v) is 10.1. The van der Waals surface area contributed by atoms with Gasteiger partial charge in [-0.1, -0.05) is 18.2 Å². The second-order valence-electron chi connectivity index (χ2n) is 7.73. The van der Waals surface area contributed by atoms with Gasteiger partial charge >= 0.3 is 0 Å². The number of methoxy groups -OCH3 is 1. The maximum absolute atomic E-state index is 13.0. The summed E-state index contributed by atoms with van der Waals surface area (Å²) in [6, 6.07) is 13.8. The van der Waals surface area contributed by atoms with E-state index in [0.29, 0.717) is 18.2 Å². The van der Waals surface area contributed by atoms with Gasteiger partial charge in [-0.3, -0.25) is 14.6 Å². The van der Waals surface area contributed by atoms with Crippen molar-refractivity contribution in [1.29, 1.82) is 0 Å². The Morgan fingerprint density at radius 2 is 2.13 bits per heavy atom. The van der Waals surface area contributed by atoms with Crippen molar-refractivity contribution in [2.24, 2.45) is 5.92 Å². The van der Waals surface area contributed by atoms with Crippen LogP contribution in [0.3, 0.4) is 0 Å². The molecule has 0 radical (unpaired) electrons. The molecule has 2 aromatic heterocycles. The van der Waals surface area contributed by atoms with Gasteiger partial charge in [0, 0.05) is 30.2 Å². The van der Waals surface area contributed by atoms with E-state index in [1.54, 1.807) is 13.3 Å². The summed E-state index contributed by atoms with van der Waals surface area (Å²) >= 11 is 0. The Bertz CT molecular complexity index is 1190. The van der Waals surface area contributed by atoms with Crippen LogP contribution in [0.15, 0.2) is 54.9 Å². The molecule has 2 N–H and O–H groups in total. The number of ether oxygens (including phenoxy) is 1. The standard InChI is InChI=1S/C23H23N5O2/c1-30-19-4-2-3-16(9-19)11-24-23(29)22-20-8-7-17(18-12-25-26-13-18)10-21(20)28(27-22)14-15-5-6-15/h2-4,7-10,12-13,15H,5-6,11,14H2,1H3,(H,24,29)(H,25,26). The van der Waals surface area contributed by atoms with Crippen LogP contribution < -0.4 is 10.1 Å². The molecule has 0 spiro atoms. The van der Waals surface area contributed by atoms with Crippen LogP contribution >= 0.6 is 0 Å². The van der Waals surface area contributed by atoms with Crippen LogP contribution in [0.4, 0.5) is 0 Å². The largest absolute Gasteiger partial charge is 0.497 e. The van der Waals surface area contributed by atoms with Crippen molar-refractivity contribution >= 4 is 16.8 Å². The van der Waals surface area contributed by atoms with Gasteiger partial charge in [-0.25, -0.2) is 0 Å². The number of benzene rings is 2. The molecule has 2 aromatic carbocycles. The normalized spacial score (nSPS) is 13.5. The minimum absolute atomic E-state index is 0.173. The van der Waals surface area contributed by atoms with Crippen LogP contribution in [0, 0.1) is 5.92 Å². The number of aromatic amines is 1. The number of nitrogens with one attached hydrogen (secondary N) is 2. The van der Waals surface area contributed by atoms with Gasteiger partial charge in [-0.2, -0.15) is 10.2 Å². The first-order chi connectivity index (χ1) is 14.7. The van der Waals surface area contributed by atoms with Gasteiger partial charge in [0.05, 0.1) is 18.8 Å². The van der Waals surface area contributed by atoms with E-state index >= 15 is 0 Å². The fourth-order valence-electron chi connectivity index (χ4n) is 3.66. The number of fused-ring (bicyclic) bond motifs is 1. The highest BCUT2D eigenvalue weighted by Crippen LogP contribution is 2.33. The topological polar surface area (TPSA) is 84.8 Å². The lowest BCUT2D eigenvalue weighted by Crippen LogP contribution is -2.23. The summed E-state index contributed by atoms with van der Waals surface area (Å²) in [5, 5.41) is 15.4. The molecule has 5 rings (SSSR count). The summed E-state index contributed by atoms with van der Waals surface area (Å²) in [6.07, 6.45) is 6.11. The number of amides is 1. The van der Waals surface area contributed by atoms with Crippen LogP contribution in [0.1, 0.15) is 28.9 Å². The van der Waals surface area contributed by atoms with Gasteiger partial charge < -0.3 is 10.1 Å². The summed E-state index contributed by atoms with van der Waals surface area (Å²) in [6.45, 7) is 1.26. The number of hydrogen-bond donors (Lipinski definition) is 2. The molecule has 7 heteroatoms. The average molecular weight is 401 g/mol. The molecule has 0 atom stereocenters. The van der Waals surface area contributed by atoms with E-state index in [1.165, 1.54) is 12.8 Å². The number of carbonyl (C=O) groups excluding carboxylic acids is 1. The van der Waals surface area contributed by atoms with Crippen molar-refractivity contribution in [3.63, 3.8) is 0 Å². The molecule has 0 bridgehead atoms. The Balaban J connectivity index is 1.44. The molecule has 30 heavy (non-hydrogen) atoms. The summed E-state index contributed by atoms with van der Waals surface area (Å²) in [5.74, 6) is 1.25. The van der Waals surface area contributed by atoms with Crippen molar-refractivity contribution in [2.75, 3.05) is 7.11 Å². The van der Waals surface area contributed by atoms with E-state index in [1.807, 2.05) is 47.3 Å². The first-order valence-electron chi connectivity index (χ1n) is 10.1. The zero-order chi connectivity index (χ0) is 20.5. The van der Waals surface area contributed by atoms with Gasteiger partial charge in [0.1, 0.15) is 5.75 Å². The minimum Gasteiger partial charge on any atom is -0.497 e. The Morgan fingerprint density at radius 1 is 1.23 bits per heavy atom. The lowest BCUT2D eigenvalue weighted by atomic mass is 10.1. The molecule has 0 saturated heterocycles. The van der Waals surface area contributed by atoms with Gasteiger partial charge in [0.25, 0.3) is 5.91 Å². The third-order valence-corrected chi connectivity index (χ3v) is 5.51. The average Bonchev–Trinajstić information content (AvgIpc) is 3.29. The lowest BCUT2D eigenvalue weighted by molar-refractivity contribution is 0.0946. The number of H-pyrrole nitrogens is 1. The zero-order valence-corrected chi connectivity index (χ0v) is 16.8. The third kappa shape index (κ3) is 3.66. The predicted molar refractivity (Wildman–Crippen MR) is 114 cm³/mol. The molecule has 7 nitrogen and oxygen atoms in total. The number of rotatable bonds is 7. The van der Waals surface area contributed by atoms with Gasteiger partial charge in [-0.05, 0) is 54.2 Å². The number of nitrogens with zero attached hydrogens (tertiary/aromatic N) is 3. The Hall–Kier alpha value is -3.61. The Kier molecular flexibility index (Phi) is 4.71. The highest BCUT2D eigenvalue weighted by molar-refractivity contribution is 6.05. The highest BCUT2D eigenvalue weighted by Gasteiger charge is 2.25. The number of carbonyl (C=O) groups is 1. The van der Waals surface area contributed by atoms with E-state index in [-0.39, 0.29) is 5.91 Å². The van der Waals surface area contributed by atoms with E-state index < -0.39 is 0 Å². The maximum Gasteiger partial charge on any atom is 0.272 e. The molecule has 0 aliphatic heterocycles. The van der Waals surface area contributed by atoms with Crippen molar-refractivity contribution in [1.82, 2.24) is 25.3 Å². The van der Waals surface area contributed by atoms with Crippen LogP contribution in [-0.4, -0.2) is 33.0 Å². The van der Waals surface area contributed by atoms with Gasteiger partial charge in [-0.15, -0.1) is 0 Å². The van der Waals surface area contributed by atoms with Gasteiger partial charge in [0.2, 0.25) is 0 Å². The molecule has 2 heterocycles. The van der Waals surface area contributed by atoms with Crippen molar-refractivity contribution in [3.05, 3.63) is 66.1 Å². The predicted octanol–water partition coefficient (Wildman–Crippen LogP) is 3.78. The highest BCUT2D eigenvalue weighted by atomic mass is 16.5. The lowest BCUT2D eigenvalue weighted by Gasteiger charge is -2.06. The fourth-order valence-corrected chi connectivity index (χ4v) is 3.66. The van der Waals surface area contributed by atoms with Crippen molar-refractivity contribution < 1.29 is 9.53 Å². The molecule has 1 fully saturated rings. The smallest absolute Gasteiger partial charge is 0.272 e. The Morgan fingerprint density at radius 3 is 2.90 bits per heavy atom.